The molecule has 0 aromatic heterocycles. The van der Waals surface area contributed by atoms with Gasteiger partial charge in [-0.15, -0.1) is 0 Å². The number of carbonyl (C=O) groups is 1. The third-order valence-corrected chi connectivity index (χ3v) is 16.5. The molecule has 1 aliphatic rings. The molecule has 462 valence electrons. The van der Waals surface area contributed by atoms with Crippen LogP contribution in [0.3, 0.4) is 0 Å². The zero-order valence-electron chi connectivity index (χ0n) is 50.9. The van der Waals surface area contributed by atoms with Crippen molar-refractivity contribution in [1.29, 1.82) is 0 Å². The summed E-state index contributed by atoms with van der Waals surface area (Å²) in [4.78, 5) is 13.2. The van der Waals surface area contributed by atoms with E-state index < -0.39 is 74.2 Å². The first-order chi connectivity index (χ1) is 38.2. The number of rotatable bonds is 59. The second-order valence-corrected chi connectivity index (χ2v) is 23.9. The van der Waals surface area contributed by atoms with Gasteiger partial charge in [-0.05, 0) is 64.2 Å². The Labute approximate surface area is 480 Å². The molecular formula is C67H129NO10. The van der Waals surface area contributed by atoms with Crippen LogP contribution < -0.4 is 5.32 Å². The van der Waals surface area contributed by atoms with E-state index in [4.69, 9.17) is 9.47 Å². The van der Waals surface area contributed by atoms with E-state index in [1.807, 2.05) is 0 Å². The van der Waals surface area contributed by atoms with Gasteiger partial charge in [-0.2, -0.15) is 0 Å². The fourth-order valence-electron chi connectivity index (χ4n) is 11.0. The van der Waals surface area contributed by atoms with Gasteiger partial charge in [0.2, 0.25) is 5.91 Å². The van der Waals surface area contributed by atoms with Gasteiger partial charge < -0.3 is 50.5 Å². The average molecular weight is 1110 g/mol. The minimum Gasteiger partial charge on any atom is -0.394 e. The number of hydrogen-bond donors (Lipinski definition) is 8. The maximum absolute atomic E-state index is 13.2. The third-order valence-electron chi connectivity index (χ3n) is 16.5. The number of ether oxygens (including phenoxy) is 2. The number of unbranched alkanes of at least 4 members (excludes halogenated alkanes) is 43. The van der Waals surface area contributed by atoms with Gasteiger partial charge in [0.15, 0.2) is 6.29 Å². The molecule has 8 N–H and O–H groups in total. The summed E-state index contributed by atoms with van der Waals surface area (Å²) in [6.45, 7) is 3.50. The minimum absolute atomic E-state index is 0.253. The van der Waals surface area contributed by atoms with E-state index >= 15 is 0 Å². The second-order valence-electron chi connectivity index (χ2n) is 23.9. The van der Waals surface area contributed by atoms with Crippen LogP contribution in [0.25, 0.3) is 0 Å². The molecule has 0 aromatic rings. The smallest absolute Gasteiger partial charge is 0.249 e. The number of carbonyl (C=O) groups excluding carboxylic acids is 1. The molecular weight excluding hydrogens is 979 g/mol. The molecule has 1 amide bonds. The normalized spacial score (nSPS) is 19.5. The molecule has 1 aliphatic heterocycles. The Morgan fingerprint density at radius 3 is 1.10 bits per heavy atom. The summed E-state index contributed by atoms with van der Waals surface area (Å²) in [5.41, 5.74) is 0. The zero-order valence-corrected chi connectivity index (χ0v) is 50.9. The van der Waals surface area contributed by atoms with Crippen molar-refractivity contribution in [2.24, 2.45) is 0 Å². The van der Waals surface area contributed by atoms with Crippen LogP contribution in [-0.4, -0.2) is 110 Å². The maximum atomic E-state index is 13.2. The van der Waals surface area contributed by atoms with Crippen LogP contribution >= 0.6 is 0 Å². The van der Waals surface area contributed by atoms with Gasteiger partial charge in [0.1, 0.15) is 36.6 Å². The van der Waals surface area contributed by atoms with Crippen LogP contribution in [0.1, 0.15) is 328 Å². The molecule has 0 bridgehead atoms. The Morgan fingerprint density at radius 1 is 0.436 bits per heavy atom. The van der Waals surface area contributed by atoms with Gasteiger partial charge in [-0.1, -0.05) is 289 Å². The number of allylic oxidation sites excluding steroid dienone is 4. The number of aliphatic hydroxyl groups excluding tert-OH is 7. The van der Waals surface area contributed by atoms with Gasteiger partial charge in [0.05, 0.1) is 25.4 Å². The van der Waals surface area contributed by atoms with Crippen molar-refractivity contribution in [2.75, 3.05) is 13.2 Å². The molecule has 1 rings (SSSR count). The summed E-state index contributed by atoms with van der Waals surface area (Å²) in [6.07, 6.45) is 58.3. The SMILES string of the molecule is CCCCCCCCCCCCCC/C=C\CCCCCCCCCCCC(O)C(=O)NC(COC1OC(CO)C(O)C(O)C1O)C(O)C(O)CCC/C=C/CCCCCCCCCCCCCCCCCCCCCCC. The minimum atomic E-state index is -1.67. The quantitative estimate of drug-likeness (QED) is 0.0215. The molecule has 9 atom stereocenters. The Balaban J connectivity index is 2.25. The molecule has 11 heteroatoms. The Bertz CT molecular complexity index is 1320. The topological polar surface area (TPSA) is 189 Å². The van der Waals surface area contributed by atoms with E-state index in [0.717, 1.165) is 38.5 Å². The molecule has 0 saturated carbocycles. The highest BCUT2D eigenvalue weighted by molar-refractivity contribution is 5.80. The van der Waals surface area contributed by atoms with Crippen LogP contribution in [-0.2, 0) is 14.3 Å². The van der Waals surface area contributed by atoms with Crippen molar-refractivity contribution in [2.45, 2.75) is 384 Å². The van der Waals surface area contributed by atoms with Gasteiger partial charge in [0.25, 0.3) is 0 Å². The predicted octanol–water partition coefficient (Wildman–Crippen LogP) is 15.6. The molecule has 11 nitrogen and oxygen atoms in total. The molecule has 0 spiro atoms. The van der Waals surface area contributed by atoms with E-state index in [-0.39, 0.29) is 12.8 Å². The van der Waals surface area contributed by atoms with Crippen LogP contribution in [0.5, 0.6) is 0 Å². The summed E-state index contributed by atoms with van der Waals surface area (Å²) in [5.74, 6) is -0.703. The number of hydrogen-bond acceptors (Lipinski definition) is 10. The highest BCUT2D eigenvalue weighted by Gasteiger charge is 2.44. The lowest BCUT2D eigenvalue weighted by Crippen LogP contribution is -2.60. The highest BCUT2D eigenvalue weighted by atomic mass is 16.7. The average Bonchev–Trinajstić information content (AvgIpc) is 3.46. The first-order valence-electron chi connectivity index (χ1n) is 33.7. The van der Waals surface area contributed by atoms with Crippen LogP contribution in [0.4, 0.5) is 0 Å². The molecule has 0 radical (unpaired) electrons. The largest absolute Gasteiger partial charge is 0.394 e. The summed E-state index contributed by atoms with van der Waals surface area (Å²) in [7, 11) is 0. The standard InChI is InChI=1S/C67H129NO10/c1-3-5-7-9-11-13-15-17-19-21-23-25-27-29-31-32-34-36-38-40-42-44-46-48-50-52-54-59(70)62(72)58(57-77-67-65(75)64(74)63(73)61(56-69)78-67)68-66(76)60(71)55-53-51-49-47-45-43-41-39-37-35-33-30-28-26-24-22-20-18-16-14-12-10-8-6-4-2/h30,33,46,48,58-65,67,69-75H,3-29,31-32,34-45,47,49-57H2,1-2H3,(H,68,76)/b33-30-,48-46+. The molecule has 0 aromatic carbocycles. The van der Waals surface area contributed by atoms with Crippen LogP contribution in [0.15, 0.2) is 24.3 Å². The van der Waals surface area contributed by atoms with Crippen molar-refractivity contribution in [1.82, 2.24) is 5.32 Å². The predicted molar refractivity (Wildman–Crippen MR) is 326 cm³/mol. The fraction of sp³-hybridized carbons (Fsp3) is 0.925. The van der Waals surface area contributed by atoms with Gasteiger partial charge >= 0.3 is 0 Å². The molecule has 78 heavy (non-hydrogen) atoms. The molecule has 9 unspecified atom stereocenters. The second kappa shape index (κ2) is 56.1. The van der Waals surface area contributed by atoms with E-state index in [2.05, 4.69) is 43.5 Å². The van der Waals surface area contributed by atoms with Crippen molar-refractivity contribution < 1.29 is 50.0 Å². The number of aliphatic hydroxyl groups is 7. The summed E-state index contributed by atoms with van der Waals surface area (Å²) in [6, 6.07) is -1.19. The number of nitrogens with one attached hydrogen (secondary N) is 1. The molecule has 0 aliphatic carbocycles. The molecule has 1 fully saturated rings. The maximum Gasteiger partial charge on any atom is 0.249 e. The highest BCUT2D eigenvalue weighted by Crippen LogP contribution is 2.24. The monoisotopic (exact) mass is 1110 g/mol. The van der Waals surface area contributed by atoms with E-state index in [9.17, 15) is 40.5 Å². The zero-order chi connectivity index (χ0) is 56.8. The van der Waals surface area contributed by atoms with E-state index in [0.29, 0.717) is 12.8 Å². The Morgan fingerprint density at radius 2 is 0.756 bits per heavy atom. The van der Waals surface area contributed by atoms with Crippen molar-refractivity contribution in [3.8, 4) is 0 Å². The Hall–Kier alpha value is -1.41. The lowest BCUT2D eigenvalue weighted by molar-refractivity contribution is -0.303. The van der Waals surface area contributed by atoms with E-state index in [1.165, 1.54) is 250 Å². The van der Waals surface area contributed by atoms with Crippen LogP contribution in [0, 0.1) is 0 Å². The van der Waals surface area contributed by atoms with Gasteiger partial charge in [-0.25, -0.2) is 0 Å². The van der Waals surface area contributed by atoms with Crippen molar-refractivity contribution in [3.05, 3.63) is 24.3 Å². The van der Waals surface area contributed by atoms with Gasteiger partial charge in [-0.3, -0.25) is 4.79 Å². The Kier molecular flexibility index (Phi) is 53.6. The molecule has 1 saturated heterocycles. The lowest BCUT2D eigenvalue weighted by atomic mass is 9.98. The van der Waals surface area contributed by atoms with E-state index in [1.54, 1.807) is 0 Å². The van der Waals surface area contributed by atoms with Crippen molar-refractivity contribution >= 4 is 5.91 Å². The van der Waals surface area contributed by atoms with Crippen molar-refractivity contribution in [3.63, 3.8) is 0 Å². The third kappa shape index (κ3) is 43.3. The molecule has 1 heterocycles. The summed E-state index contributed by atoms with van der Waals surface area (Å²) < 4.78 is 11.2. The van der Waals surface area contributed by atoms with Crippen LogP contribution in [0.2, 0.25) is 0 Å². The fourth-order valence-corrected chi connectivity index (χ4v) is 11.0. The summed E-state index contributed by atoms with van der Waals surface area (Å²) >= 11 is 0. The lowest BCUT2D eigenvalue weighted by Gasteiger charge is -2.40. The first kappa shape index (κ1) is 74.6. The first-order valence-corrected chi connectivity index (χ1v) is 33.7. The summed E-state index contributed by atoms with van der Waals surface area (Å²) in [5, 5.41) is 76.4. The number of amides is 1. The van der Waals surface area contributed by atoms with Gasteiger partial charge in [0, 0.05) is 0 Å².